The number of rotatable bonds is 12. The number of benzene rings is 3. The highest BCUT2D eigenvalue weighted by Crippen LogP contribution is 2.38. The minimum Gasteiger partial charge on any atom is -0.465 e. The maximum Gasteiger partial charge on any atom is 0.407 e. The SMILES string of the molecule is CC[C@H]1CNC[C@H](CCc2c(F)cccc2NC(=O)[C@H]([C@@H](c2ccc(Cl)cc2)C2CCOCC2)N(C)C(=O)O)N1S(=O)(=O)c1ccccc1. The number of hydrogen-bond acceptors (Lipinski definition) is 6. The number of ether oxygens (including phenoxy) is 1. The third-order valence-electron chi connectivity index (χ3n) is 9.73. The van der Waals surface area contributed by atoms with E-state index in [1.165, 1.54) is 19.2 Å². The quantitative estimate of drug-likeness (QED) is 0.211. The van der Waals surface area contributed by atoms with Crippen LogP contribution in [-0.2, 0) is 26.0 Å². The summed E-state index contributed by atoms with van der Waals surface area (Å²) in [6.07, 6.45) is 0.995. The maximum atomic E-state index is 15.6. The predicted molar refractivity (Wildman–Crippen MR) is 187 cm³/mol. The van der Waals surface area contributed by atoms with Crippen molar-refractivity contribution in [3.05, 3.63) is 94.8 Å². The van der Waals surface area contributed by atoms with Gasteiger partial charge in [-0.3, -0.25) is 9.69 Å². The Morgan fingerprint density at radius 2 is 1.71 bits per heavy atom. The summed E-state index contributed by atoms with van der Waals surface area (Å²) < 4.78 is 50.5. The summed E-state index contributed by atoms with van der Waals surface area (Å²) >= 11 is 6.18. The summed E-state index contributed by atoms with van der Waals surface area (Å²) in [6.45, 7) is 3.80. The molecule has 0 aliphatic carbocycles. The van der Waals surface area contributed by atoms with Crippen molar-refractivity contribution < 1.29 is 32.2 Å². The van der Waals surface area contributed by atoms with Gasteiger partial charge in [0.15, 0.2) is 0 Å². The molecular weight excluding hydrogens is 671 g/mol. The molecule has 0 unspecified atom stereocenters. The number of hydrogen-bond donors (Lipinski definition) is 3. The van der Waals surface area contributed by atoms with Crippen LogP contribution in [0.2, 0.25) is 5.02 Å². The number of nitrogens with one attached hydrogen (secondary N) is 2. The Morgan fingerprint density at radius 3 is 2.37 bits per heavy atom. The highest BCUT2D eigenvalue weighted by atomic mass is 35.5. The van der Waals surface area contributed by atoms with E-state index in [-0.39, 0.29) is 40.9 Å². The summed E-state index contributed by atoms with van der Waals surface area (Å²) in [7, 11) is -2.48. The van der Waals surface area contributed by atoms with Crippen molar-refractivity contribution in [1.29, 1.82) is 0 Å². The van der Waals surface area contributed by atoms with Crippen LogP contribution in [0.4, 0.5) is 14.9 Å². The maximum absolute atomic E-state index is 15.6. The van der Waals surface area contributed by atoms with Gasteiger partial charge in [0.25, 0.3) is 0 Å². The van der Waals surface area contributed by atoms with E-state index in [1.54, 1.807) is 52.8 Å². The van der Waals surface area contributed by atoms with Gasteiger partial charge in [0, 0.05) is 67.6 Å². The highest BCUT2D eigenvalue weighted by molar-refractivity contribution is 7.89. The van der Waals surface area contributed by atoms with Crippen LogP contribution >= 0.6 is 11.6 Å². The molecule has 2 heterocycles. The number of anilines is 1. The molecule has 0 spiro atoms. The molecule has 3 N–H and O–H groups in total. The molecular formula is C36H44ClFN4O6S. The van der Waals surface area contributed by atoms with Crippen molar-refractivity contribution in [3.8, 4) is 0 Å². The monoisotopic (exact) mass is 714 g/mol. The second kappa shape index (κ2) is 16.4. The van der Waals surface area contributed by atoms with Crippen LogP contribution < -0.4 is 10.6 Å². The number of halogens is 2. The molecule has 3 aromatic carbocycles. The molecule has 2 saturated heterocycles. The second-order valence-corrected chi connectivity index (χ2v) is 15.0. The smallest absolute Gasteiger partial charge is 0.407 e. The zero-order valence-electron chi connectivity index (χ0n) is 27.7. The molecule has 0 aromatic heterocycles. The van der Waals surface area contributed by atoms with E-state index in [0.717, 1.165) is 10.5 Å². The molecule has 0 radical (unpaired) electrons. The first-order chi connectivity index (χ1) is 23.5. The summed E-state index contributed by atoms with van der Waals surface area (Å²) in [4.78, 5) is 27.9. The third kappa shape index (κ3) is 8.43. The Morgan fingerprint density at radius 1 is 1.04 bits per heavy atom. The molecule has 2 amide bonds. The third-order valence-corrected chi connectivity index (χ3v) is 12.0. The lowest BCUT2D eigenvalue weighted by Crippen LogP contribution is -2.59. The normalized spacial score (nSPS) is 20.3. The number of amides is 2. The zero-order chi connectivity index (χ0) is 35.1. The van der Waals surface area contributed by atoms with Crippen molar-refractivity contribution in [3.63, 3.8) is 0 Å². The van der Waals surface area contributed by atoms with Crippen LogP contribution in [0.1, 0.15) is 49.7 Å². The molecule has 2 fully saturated rings. The lowest BCUT2D eigenvalue weighted by Gasteiger charge is -2.41. The molecule has 3 aromatic rings. The first-order valence-corrected chi connectivity index (χ1v) is 18.5. The molecule has 0 bridgehead atoms. The van der Waals surface area contributed by atoms with Gasteiger partial charge < -0.3 is 20.5 Å². The molecule has 264 valence electrons. The molecule has 2 aliphatic rings. The lowest BCUT2D eigenvalue weighted by atomic mass is 9.76. The molecule has 13 heteroatoms. The number of piperazine rings is 1. The second-order valence-electron chi connectivity index (χ2n) is 12.7. The van der Waals surface area contributed by atoms with Gasteiger partial charge in [-0.25, -0.2) is 17.6 Å². The van der Waals surface area contributed by atoms with Gasteiger partial charge in [0.1, 0.15) is 11.9 Å². The fourth-order valence-electron chi connectivity index (χ4n) is 7.17. The van der Waals surface area contributed by atoms with Crippen LogP contribution in [0.3, 0.4) is 0 Å². The van der Waals surface area contributed by atoms with Gasteiger partial charge in [-0.15, -0.1) is 0 Å². The van der Waals surface area contributed by atoms with Crippen LogP contribution in [0, 0.1) is 11.7 Å². The van der Waals surface area contributed by atoms with Gasteiger partial charge in [-0.05, 0) is 80.0 Å². The topological polar surface area (TPSA) is 128 Å². The van der Waals surface area contributed by atoms with Gasteiger partial charge in [-0.2, -0.15) is 4.31 Å². The number of carbonyl (C=O) groups is 2. The van der Waals surface area contributed by atoms with Crippen LogP contribution in [0.5, 0.6) is 0 Å². The fraction of sp³-hybridized carbons (Fsp3) is 0.444. The Kier molecular flexibility index (Phi) is 12.3. The van der Waals surface area contributed by atoms with E-state index >= 15 is 4.39 Å². The zero-order valence-corrected chi connectivity index (χ0v) is 29.3. The van der Waals surface area contributed by atoms with E-state index in [4.69, 9.17) is 16.3 Å². The first kappa shape index (κ1) is 36.7. The molecule has 2 aliphatic heterocycles. The largest absolute Gasteiger partial charge is 0.465 e. The molecule has 4 atom stereocenters. The van der Waals surface area contributed by atoms with Gasteiger partial charge in [0.05, 0.1) is 4.90 Å². The summed E-state index contributed by atoms with van der Waals surface area (Å²) in [5.74, 6) is -1.74. The number of carbonyl (C=O) groups excluding carboxylic acids is 1. The van der Waals surface area contributed by atoms with Crippen LogP contribution in [-0.4, -0.2) is 86.2 Å². The van der Waals surface area contributed by atoms with Gasteiger partial charge >= 0.3 is 6.09 Å². The van der Waals surface area contributed by atoms with E-state index in [9.17, 15) is 23.1 Å². The van der Waals surface area contributed by atoms with Crippen molar-refractivity contribution in [2.45, 2.75) is 68.0 Å². The Balaban J connectivity index is 1.44. The van der Waals surface area contributed by atoms with Crippen molar-refractivity contribution in [1.82, 2.24) is 14.5 Å². The summed E-state index contributed by atoms with van der Waals surface area (Å²) in [5.41, 5.74) is 1.19. The van der Waals surface area contributed by atoms with Crippen molar-refractivity contribution >= 4 is 39.3 Å². The van der Waals surface area contributed by atoms with Crippen molar-refractivity contribution in [2.24, 2.45) is 5.92 Å². The van der Waals surface area contributed by atoms with E-state index < -0.39 is 45.8 Å². The Hall–Kier alpha value is -3.55. The van der Waals surface area contributed by atoms with E-state index in [0.29, 0.717) is 50.6 Å². The number of sulfonamides is 1. The highest BCUT2D eigenvalue weighted by Gasteiger charge is 2.42. The number of nitrogens with zero attached hydrogens (tertiary/aromatic N) is 2. The summed E-state index contributed by atoms with van der Waals surface area (Å²) in [5, 5.41) is 16.9. The van der Waals surface area contributed by atoms with E-state index in [2.05, 4.69) is 10.6 Å². The van der Waals surface area contributed by atoms with Gasteiger partial charge in [0.2, 0.25) is 15.9 Å². The average Bonchev–Trinajstić information content (AvgIpc) is 3.11. The molecule has 10 nitrogen and oxygen atoms in total. The number of likely N-dealkylation sites (N-methyl/N-ethyl adjacent to an activating group) is 1. The lowest BCUT2D eigenvalue weighted by molar-refractivity contribution is -0.122. The van der Waals surface area contributed by atoms with E-state index in [1.807, 2.05) is 19.1 Å². The average molecular weight is 715 g/mol. The fourth-order valence-corrected chi connectivity index (χ4v) is 9.23. The molecule has 5 rings (SSSR count). The summed E-state index contributed by atoms with van der Waals surface area (Å²) in [6, 6.07) is 17.8. The first-order valence-electron chi connectivity index (χ1n) is 16.7. The minimum atomic E-state index is -3.84. The Bertz CT molecular complexity index is 1690. The molecule has 49 heavy (non-hydrogen) atoms. The minimum absolute atomic E-state index is 0.0673. The predicted octanol–water partition coefficient (Wildman–Crippen LogP) is 5.98. The van der Waals surface area contributed by atoms with Crippen molar-refractivity contribution in [2.75, 3.05) is 38.7 Å². The standard InChI is InChI=1S/C36H44ClFN4O6S/c1-3-27-22-39-23-28(42(27)49(46,47)29-8-5-4-6-9-29)16-17-30-31(38)10-7-11-32(30)40-35(43)34(41(2)36(44)45)33(25-18-20-48-21-19-25)24-12-14-26(37)15-13-24/h4-15,25,27-28,33-34,39H,3,16-23H2,1-2H3,(H,40,43)(H,44,45)/t27-,28-,33-,34-/m0/s1. The molecule has 0 saturated carbocycles. The van der Waals surface area contributed by atoms with Crippen LogP contribution in [0.25, 0.3) is 0 Å². The van der Waals surface area contributed by atoms with Gasteiger partial charge in [-0.1, -0.05) is 54.9 Å². The van der Waals surface area contributed by atoms with Crippen LogP contribution in [0.15, 0.2) is 77.7 Å². The Labute approximate surface area is 292 Å². The number of carboxylic acid groups (broad SMARTS) is 1.